The van der Waals surface area contributed by atoms with Gasteiger partial charge in [0.1, 0.15) is 12.1 Å². The number of hydrogen-bond acceptors (Lipinski definition) is 8. The van der Waals surface area contributed by atoms with Gasteiger partial charge in [-0.05, 0) is 6.20 Å². The molecule has 0 spiro atoms. The summed E-state index contributed by atoms with van der Waals surface area (Å²) in [5.74, 6) is -0.255. The van der Waals surface area contributed by atoms with Crippen molar-refractivity contribution in [1.82, 2.24) is 15.0 Å². The van der Waals surface area contributed by atoms with Crippen molar-refractivity contribution in [3.63, 3.8) is 0 Å². The van der Waals surface area contributed by atoms with Gasteiger partial charge in [0.2, 0.25) is 0 Å². The number of nitrogens with one attached hydrogen (secondary N) is 1. The zero-order valence-corrected chi connectivity index (χ0v) is 16.6. The molecule has 1 unspecified atom stereocenters. The number of amides is 1. The molecule has 2 aromatic heterocycles. The first kappa shape index (κ1) is 20.5. The Morgan fingerprint density at radius 2 is 2.08 bits per heavy atom. The van der Waals surface area contributed by atoms with Crippen LogP contribution in [0.2, 0.25) is 0 Å². The van der Waals surface area contributed by atoms with Gasteiger partial charge in [-0.3, -0.25) is 9.78 Å². The molecule has 0 aromatic carbocycles. The van der Waals surface area contributed by atoms with E-state index in [1.807, 2.05) is 0 Å². The number of pyridine rings is 1. The van der Waals surface area contributed by atoms with E-state index in [0.717, 1.165) is 0 Å². The van der Waals surface area contributed by atoms with Crippen molar-refractivity contribution in [2.75, 3.05) is 30.0 Å². The van der Waals surface area contributed by atoms with Crippen LogP contribution < -0.4 is 10.2 Å². The SMILES string of the molecule is O=[C-]Nc1cncc(C(=O)C2CN(C(CO)CO)c3ncncc32)c1.[Y]. The summed E-state index contributed by atoms with van der Waals surface area (Å²) in [5.41, 5.74) is 1.31. The topological polar surface area (TPSA) is 129 Å². The summed E-state index contributed by atoms with van der Waals surface area (Å²) in [6.45, 7) is -0.274. The summed E-state index contributed by atoms with van der Waals surface area (Å²) in [6, 6.07) is 0.962. The van der Waals surface area contributed by atoms with E-state index in [2.05, 4.69) is 20.3 Å². The zero-order valence-electron chi connectivity index (χ0n) is 13.7. The summed E-state index contributed by atoms with van der Waals surface area (Å²) in [5, 5.41) is 21.3. The largest absolute Gasteiger partial charge is 0.489 e. The number of fused-ring (bicyclic) bond motifs is 1. The summed E-state index contributed by atoms with van der Waals surface area (Å²) in [7, 11) is 0. The van der Waals surface area contributed by atoms with E-state index < -0.39 is 12.0 Å². The normalized spacial score (nSPS) is 15.3. The van der Waals surface area contributed by atoms with Crippen LogP contribution >= 0.6 is 0 Å². The molecule has 1 atom stereocenters. The molecule has 1 radical (unpaired) electrons. The van der Waals surface area contributed by atoms with Gasteiger partial charge >= 0.3 is 0 Å². The van der Waals surface area contributed by atoms with Gasteiger partial charge in [-0.2, -0.15) is 0 Å². The quantitative estimate of drug-likeness (QED) is 0.304. The van der Waals surface area contributed by atoms with E-state index in [0.29, 0.717) is 22.6 Å². The monoisotopic (exact) mass is 431 g/mol. The van der Waals surface area contributed by atoms with Crippen LogP contribution in [0, 0.1) is 0 Å². The number of aliphatic hydroxyl groups is 2. The average molecular weight is 431 g/mol. The second kappa shape index (κ2) is 9.22. The van der Waals surface area contributed by atoms with Gasteiger partial charge in [0, 0.05) is 62.8 Å². The second-order valence-corrected chi connectivity index (χ2v) is 5.58. The standard InChI is InChI=1S/C16H16N5O4.Y/c22-6-12(7-23)21-5-14(13-4-18-8-19-16(13)21)15(25)10-1-11(20-9-24)3-17-2-10;/h1-4,8,12,14,22-23H,5-7H2,(H,20,24);/q-1;. The number of hydrogen-bond donors (Lipinski definition) is 3. The van der Waals surface area contributed by atoms with Crippen molar-refractivity contribution in [1.29, 1.82) is 0 Å². The molecule has 1 aliphatic heterocycles. The molecule has 3 N–H and O–H groups in total. The van der Waals surface area contributed by atoms with Crippen LogP contribution in [0.5, 0.6) is 0 Å². The van der Waals surface area contributed by atoms with Gasteiger partial charge in [0.15, 0.2) is 5.78 Å². The van der Waals surface area contributed by atoms with Crippen molar-refractivity contribution < 1.29 is 52.5 Å². The van der Waals surface area contributed by atoms with Crippen LogP contribution in [0.15, 0.2) is 31.0 Å². The molecule has 3 heterocycles. The van der Waals surface area contributed by atoms with Gasteiger partial charge in [-0.15, -0.1) is 6.07 Å². The number of ketones is 1. The molecule has 0 fully saturated rings. The molecule has 9 nitrogen and oxygen atoms in total. The molecule has 1 aliphatic rings. The van der Waals surface area contributed by atoms with Crippen molar-refractivity contribution in [2.24, 2.45) is 0 Å². The van der Waals surface area contributed by atoms with Gasteiger partial charge in [0.05, 0.1) is 31.6 Å². The summed E-state index contributed by atoms with van der Waals surface area (Å²) >= 11 is 0. The molecule has 0 saturated heterocycles. The van der Waals surface area contributed by atoms with Crippen LogP contribution in [0.4, 0.5) is 11.5 Å². The van der Waals surface area contributed by atoms with Crippen LogP contribution in [0.25, 0.3) is 0 Å². The minimum absolute atomic E-state index is 0. The number of anilines is 2. The number of carbonyl (C=O) groups is 1. The molecular weight excluding hydrogens is 415 g/mol. The molecule has 2 aromatic rings. The Bertz CT molecular complexity index is 787. The minimum Gasteiger partial charge on any atom is -0.489 e. The van der Waals surface area contributed by atoms with E-state index in [-0.39, 0.29) is 58.3 Å². The molecule has 133 valence electrons. The first-order chi connectivity index (χ1) is 12.2. The van der Waals surface area contributed by atoms with E-state index in [9.17, 15) is 19.8 Å². The molecule has 10 heteroatoms. The first-order valence-electron chi connectivity index (χ1n) is 7.60. The molecule has 1 amide bonds. The van der Waals surface area contributed by atoms with E-state index in [1.165, 1.54) is 31.2 Å². The third-order valence-corrected chi connectivity index (χ3v) is 4.14. The summed E-state index contributed by atoms with van der Waals surface area (Å²) in [6.07, 6.45) is 7.28. The van der Waals surface area contributed by atoms with Crippen LogP contribution in [-0.4, -0.2) is 63.2 Å². The number of Topliss-reactive ketones (excluding diaryl/α,β-unsaturated/α-hetero) is 1. The maximum atomic E-state index is 12.9. The fraction of sp³-hybridized carbons (Fsp3) is 0.312. The van der Waals surface area contributed by atoms with E-state index >= 15 is 0 Å². The molecule has 26 heavy (non-hydrogen) atoms. The summed E-state index contributed by atoms with van der Waals surface area (Å²) < 4.78 is 0. The second-order valence-electron chi connectivity index (χ2n) is 5.58. The van der Waals surface area contributed by atoms with Crippen LogP contribution in [0.3, 0.4) is 0 Å². The summed E-state index contributed by atoms with van der Waals surface area (Å²) in [4.78, 5) is 37.2. The average Bonchev–Trinajstić information content (AvgIpc) is 3.02. The first-order valence-corrected chi connectivity index (χ1v) is 7.60. The van der Waals surface area contributed by atoms with Crippen LogP contribution in [0.1, 0.15) is 21.8 Å². The third kappa shape index (κ3) is 3.96. The maximum absolute atomic E-state index is 12.9. The van der Waals surface area contributed by atoms with Gasteiger partial charge in [0.25, 0.3) is 0 Å². The minimum atomic E-state index is -0.561. The molecular formula is C16H16N5O4Y-. The predicted molar refractivity (Wildman–Crippen MR) is 88.0 cm³/mol. The Morgan fingerprint density at radius 1 is 1.31 bits per heavy atom. The third-order valence-electron chi connectivity index (χ3n) is 4.14. The Kier molecular flexibility index (Phi) is 7.27. The smallest absolute Gasteiger partial charge is 0.172 e. The number of aromatic nitrogens is 3. The van der Waals surface area contributed by atoms with Crippen molar-refractivity contribution in [3.8, 4) is 0 Å². The van der Waals surface area contributed by atoms with Gasteiger partial charge < -0.3 is 25.2 Å². The predicted octanol–water partition coefficient (Wildman–Crippen LogP) is -0.512. The van der Waals surface area contributed by atoms with Crippen LogP contribution in [-0.2, 0) is 37.5 Å². The van der Waals surface area contributed by atoms with Crippen molar-refractivity contribution >= 4 is 23.7 Å². The number of nitrogens with zero attached hydrogens (tertiary/aromatic N) is 4. The maximum Gasteiger partial charge on any atom is 0.172 e. The molecule has 3 rings (SSSR count). The Morgan fingerprint density at radius 3 is 2.77 bits per heavy atom. The molecule has 0 aliphatic carbocycles. The fourth-order valence-corrected chi connectivity index (χ4v) is 2.91. The van der Waals surface area contributed by atoms with Crippen molar-refractivity contribution in [3.05, 3.63) is 42.1 Å². The molecule has 0 saturated carbocycles. The Balaban J connectivity index is 0.00000243. The fourth-order valence-electron chi connectivity index (χ4n) is 2.91. The molecule has 0 bridgehead atoms. The van der Waals surface area contributed by atoms with Crippen molar-refractivity contribution in [2.45, 2.75) is 12.0 Å². The van der Waals surface area contributed by atoms with Gasteiger partial charge in [-0.25, -0.2) is 9.97 Å². The Labute approximate surface area is 174 Å². The van der Waals surface area contributed by atoms with E-state index in [1.54, 1.807) is 11.1 Å². The number of carbonyl (C=O) groups excluding carboxylic acids is 2. The number of rotatable bonds is 7. The van der Waals surface area contributed by atoms with Gasteiger partial charge in [-0.1, -0.05) is 5.69 Å². The Hall–Kier alpha value is -1.81. The number of aliphatic hydroxyl groups excluding tert-OH is 2. The van der Waals surface area contributed by atoms with E-state index in [4.69, 9.17) is 0 Å². The zero-order chi connectivity index (χ0) is 17.8.